The van der Waals surface area contributed by atoms with Gasteiger partial charge in [-0.05, 0) is 154 Å². The Morgan fingerprint density at radius 3 is 0.877 bits per heavy atom. The van der Waals surface area contributed by atoms with Crippen LogP contribution in [0, 0.1) is 0 Å². The molecule has 3 N–H and O–H groups in total. The summed E-state index contributed by atoms with van der Waals surface area (Å²) in [6.45, 7) is 4.57. The SMILES string of the molecule is CC/C=C\C/C=C\C/C=C\C/C=C\C/C=C\C/C=C\CCC(=O)OC[C@H](COP(=O)(O)OC[C@@H](O)COP(=O)(O)OC[C@@H](COC(=O)CCC/C=C\C/C=C\C/C=C\C/C=C\CCCCC)OC(=O)CCCCCCC/C=C\CCCCCCCC)OC(=O)CCCCCCCCC/C=C\CCCCCC. The van der Waals surface area contributed by atoms with Gasteiger partial charge in [-0.2, -0.15) is 0 Å². The fourth-order valence-electron chi connectivity index (χ4n) is 10.5. The Bertz CT molecular complexity index is 2580. The van der Waals surface area contributed by atoms with E-state index in [0.717, 1.165) is 148 Å². The van der Waals surface area contributed by atoms with E-state index in [0.29, 0.717) is 38.5 Å². The van der Waals surface area contributed by atoms with E-state index in [1.807, 2.05) is 30.4 Å². The molecule has 0 aromatic heterocycles. The molecule has 2 unspecified atom stereocenters. The lowest BCUT2D eigenvalue weighted by Crippen LogP contribution is -2.30. The van der Waals surface area contributed by atoms with E-state index in [-0.39, 0.29) is 25.7 Å². The normalized spacial score (nSPS) is 14.6. The summed E-state index contributed by atoms with van der Waals surface area (Å²) >= 11 is 0. The summed E-state index contributed by atoms with van der Waals surface area (Å²) in [7, 11) is -10.0. The second-order valence-electron chi connectivity index (χ2n) is 27.0. The number of unbranched alkanes of at least 4 members (excludes halogenated alkanes) is 26. The predicted molar refractivity (Wildman–Crippen MR) is 436 cm³/mol. The van der Waals surface area contributed by atoms with Gasteiger partial charge in [0.25, 0.3) is 0 Å². The minimum absolute atomic E-state index is 0.0310. The summed E-state index contributed by atoms with van der Waals surface area (Å²) in [6.07, 6.45) is 89.8. The van der Waals surface area contributed by atoms with Crippen molar-refractivity contribution in [2.45, 2.75) is 341 Å². The van der Waals surface area contributed by atoms with Gasteiger partial charge in [0.05, 0.1) is 26.4 Å². The number of ether oxygens (including phenoxy) is 4. The number of aliphatic hydroxyl groups excluding tert-OH is 1. The highest BCUT2D eigenvalue weighted by Crippen LogP contribution is 2.45. The van der Waals surface area contributed by atoms with Gasteiger partial charge in [0, 0.05) is 25.7 Å². The van der Waals surface area contributed by atoms with Crippen LogP contribution in [-0.2, 0) is 65.4 Å². The van der Waals surface area contributed by atoms with Gasteiger partial charge in [-0.15, -0.1) is 0 Å². The molecule has 5 atom stereocenters. The summed E-state index contributed by atoms with van der Waals surface area (Å²) in [5, 5.41) is 10.7. The van der Waals surface area contributed by atoms with Crippen molar-refractivity contribution in [2.24, 2.45) is 0 Å². The third-order valence-electron chi connectivity index (χ3n) is 16.8. The maximum absolute atomic E-state index is 13.1. The first-order chi connectivity index (χ1) is 51.7. The Balaban J connectivity index is 5.48. The number of phosphoric ester groups is 2. The fourth-order valence-corrected chi connectivity index (χ4v) is 12.1. The molecule has 0 rings (SSSR count). The van der Waals surface area contributed by atoms with Crippen LogP contribution in [0.25, 0.3) is 0 Å². The molecule has 0 aliphatic heterocycles. The van der Waals surface area contributed by atoms with Crippen LogP contribution < -0.4 is 0 Å². The predicted octanol–water partition coefficient (Wildman–Crippen LogP) is 24.2. The Hall–Kier alpha value is -5.06. The zero-order valence-electron chi connectivity index (χ0n) is 66.3. The van der Waals surface area contributed by atoms with Gasteiger partial charge in [0.15, 0.2) is 12.2 Å². The van der Waals surface area contributed by atoms with Crippen molar-refractivity contribution < 1.29 is 80.2 Å². The van der Waals surface area contributed by atoms with E-state index >= 15 is 0 Å². The Morgan fingerprint density at radius 1 is 0.274 bits per heavy atom. The maximum Gasteiger partial charge on any atom is 0.472 e. The average Bonchev–Trinajstić information content (AvgIpc) is 0.909. The third-order valence-corrected chi connectivity index (χ3v) is 18.7. The van der Waals surface area contributed by atoms with Gasteiger partial charge in [-0.25, -0.2) is 9.13 Å². The molecule has 0 spiro atoms. The van der Waals surface area contributed by atoms with Crippen LogP contribution >= 0.6 is 15.6 Å². The molecule has 0 fully saturated rings. The van der Waals surface area contributed by atoms with Gasteiger partial charge in [-0.3, -0.25) is 37.3 Å². The molecule has 0 radical (unpaired) electrons. The number of carbonyl (C=O) groups excluding carboxylic acids is 4. The van der Waals surface area contributed by atoms with E-state index in [9.17, 15) is 43.2 Å². The molecule has 0 bridgehead atoms. The van der Waals surface area contributed by atoms with E-state index in [4.69, 9.17) is 37.0 Å². The van der Waals surface area contributed by atoms with Gasteiger partial charge in [0.1, 0.15) is 19.3 Å². The zero-order valence-corrected chi connectivity index (χ0v) is 68.1. The summed E-state index contributed by atoms with van der Waals surface area (Å²) < 4.78 is 68.5. The summed E-state index contributed by atoms with van der Waals surface area (Å²) in [5.41, 5.74) is 0. The van der Waals surface area contributed by atoms with Crippen LogP contribution in [0.2, 0.25) is 0 Å². The number of hydrogen-bond acceptors (Lipinski definition) is 15. The Kier molecular flexibility index (Phi) is 74.3. The minimum atomic E-state index is -5.00. The molecule has 0 aromatic rings. The van der Waals surface area contributed by atoms with E-state index in [2.05, 4.69) is 143 Å². The lowest BCUT2D eigenvalue weighted by molar-refractivity contribution is -0.161. The highest BCUT2D eigenvalue weighted by atomic mass is 31.2. The van der Waals surface area contributed by atoms with Crippen molar-refractivity contribution in [1.82, 2.24) is 0 Å². The quantitative estimate of drug-likeness (QED) is 0.0169. The van der Waals surface area contributed by atoms with Crippen molar-refractivity contribution in [3.8, 4) is 0 Å². The summed E-state index contributed by atoms with van der Waals surface area (Å²) in [6, 6.07) is 0. The van der Waals surface area contributed by atoms with Gasteiger partial charge < -0.3 is 33.8 Å². The molecule has 0 saturated carbocycles. The van der Waals surface area contributed by atoms with Crippen LogP contribution in [0.5, 0.6) is 0 Å². The molecule has 0 aromatic carbocycles. The van der Waals surface area contributed by atoms with E-state index in [1.54, 1.807) is 0 Å². The first-order valence-corrected chi connectivity index (χ1v) is 44.1. The number of phosphoric acid groups is 2. The van der Waals surface area contributed by atoms with E-state index < -0.39 is 97.5 Å². The van der Waals surface area contributed by atoms with Crippen LogP contribution in [0.4, 0.5) is 0 Å². The summed E-state index contributed by atoms with van der Waals surface area (Å²) in [4.78, 5) is 73.1. The highest BCUT2D eigenvalue weighted by Gasteiger charge is 2.30. The first-order valence-electron chi connectivity index (χ1n) is 41.1. The van der Waals surface area contributed by atoms with Gasteiger partial charge in [-0.1, -0.05) is 289 Å². The highest BCUT2D eigenvalue weighted by molar-refractivity contribution is 7.47. The number of hydrogen-bond donors (Lipinski definition) is 3. The van der Waals surface area contributed by atoms with Crippen molar-refractivity contribution >= 4 is 39.5 Å². The van der Waals surface area contributed by atoms with Gasteiger partial charge in [0.2, 0.25) is 0 Å². The van der Waals surface area contributed by atoms with Crippen molar-refractivity contribution in [1.29, 1.82) is 0 Å². The lowest BCUT2D eigenvalue weighted by atomic mass is 10.1. The van der Waals surface area contributed by atoms with Crippen molar-refractivity contribution in [2.75, 3.05) is 39.6 Å². The Morgan fingerprint density at radius 2 is 0.519 bits per heavy atom. The molecular formula is C87H146O17P2. The second kappa shape index (κ2) is 78.1. The molecule has 0 amide bonds. The molecular weight excluding hydrogens is 1380 g/mol. The number of esters is 4. The standard InChI is InChI=1S/C87H146O17P2/c1-5-9-13-17-21-25-29-33-37-39-40-42-46-48-52-56-60-64-68-72-85(90)98-78-83(104-87(92)74-70-66-62-58-54-50-44-36-32-28-24-20-16-12-8-4)80-102-106(95,96)100-76-81(88)75-99-105(93,94)101-79-82(103-86(91)73-69-65-61-57-53-49-43-35-31-27-23-19-15-11-7-3)77-97-84(89)71-67-63-59-55-51-47-45-41-38-34-30-26-22-18-14-10-6-2/h9,13,21-22,25-26,28,32-35,37-38,40,42-43,45,47-48,52,55,59-60,64,81-83,88H,5-8,10-12,14-20,23-24,27,29-31,36,39,41,44,46,49-51,53-54,56-58,61-63,65-80H2,1-4H3,(H,93,94)(H,95,96)/b13-9-,25-21-,26-22-,32-28-,37-33-,38-34-,42-40-,43-35-,47-45-,52-48-,59-55-,64-60-/t81-,82+,83+/m0/s1. The number of aliphatic hydroxyl groups is 1. The molecule has 0 saturated heterocycles. The molecule has 606 valence electrons. The van der Waals surface area contributed by atoms with Crippen LogP contribution in [-0.4, -0.2) is 96.7 Å². The molecule has 0 heterocycles. The molecule has 17 nitrogen and oxygen atoms in total. The third kappa shape index (κ3) is 77.1. The first kappa shape index (κ1) is 101. The maximum atomic E-state index is 13.1. The topological polar surface area (TPSA) is 237 Å². The van der Waals surface area contributed by atoms with Crippen molar-refractivity contribution in [3.63, 3.8) is 0 Å². The smallest absolute Gasteiger partial charge is 0.462 e. The average molecular weight is 1530 g/mol. The molecule has 0 aliphatic carbocycles. The van der Waals surface area contributed by atoms with Crippen LogP contribution in [0.1, 0.15) is 323 Å². The molecule has 19 heteroatoms. The van der Waals surface area contributed by atoms with Gasteiger partial charge >= 0.3 is 39.5 Å². The minimum Gasteiger partial charge on any atom is -0.462 e. The number of carbonyl (C=O) groups is 4. The number of rotatable bonds is 76. The van der Waals surface area contributed by atoms with Crippen LogP contribution in [0.15, 0.2) is 146 Å². The zero-order chi connectivity index (χ0) is 77.4. The van der Waals surface area contributed by atoms with E-state index in [1.165, 1.54) is 83.5 Å². The summed E-state index contributed by atoms with van der Waals surface area (Å²) in [5.74, 6) is -2.35. The second-order valence-corrected chi connectivity index (χ2v) is 29.9. The number of allylic oxidation sites excluding steroid dienone is 24. The fraction of sp³-hybridized carbons (Fsp3) is 0.678. The Labute approximate surface area is 643 Å². The molecule has 106 heavy (non-hydrogen) atoms. The largest absolute Gasteiger partial charge is 0.472 e. The van der Waals surface area contributed by atoms with Crippen molar-refractivity contribution in [3.05, 3.63) is 146 Å². The molecule has 0 aliphatic rings. The monoisotopic (exact) mass is 1530 g/mol. The van der Waals surface area contributed by atoms with Crippen LogP contribution in [0.3, 0.4) is 0 Å². The lowest BCUT2D eigenvalue weighted by Gasteiger charge is -2.21.